The number of hydrogen-bond donors (Lipinski definition) is 1. The average Bonchev–Trinajstić information content (AvgIpc) is 3.37. The van der Waals surface area contributed by atoms with Crippen molar-refractivity contribution in [2.75, 3.05) is 26.3 Å². The third kappa shape index (κ3) is 3.76. The van der Waals surface area contributed by atoms with Crippen molar-refractivity contribution in [1.82, 2.24) is 19.7 Å². The van der Waals surface area contributed by atoms with E-state index in [9.17, 15) is 9.90 Å². The molecular weight excluding hydrogens is 380 g/mol. The highest BCUT2D eigenvalue weighted by Gasteiger charge is 2.35. The van der Waals surface area contributed by atoms with Gasteiger partial charge in [0.1, 0.15) is 6.33 Å². The van der Waals surface area contributed by atoms with E-state index in [2.05, 4.69) is 26.9 Å². The van der Waals surface area contributed by atoms with Gasteiger partial charge in [-0.15, -0.1) is 10.2 Å². The van der Waals surface area contributed by atoms with Crippen LogP contribution in [0.5, 0.6) is 0 Å². The molecule has 30 heavy (non-hydrogen) atoms. The van der Waals surface area contributed by atoms with E-state index >= 15 is 0 Å². The first-order chi connectivity index (χ1) is 14.7. The number of likely N-dealkylation sites (tertiary alicyclic amines) is 1. The summed E-state index contributed by atoms with van der Waals surface area (Å²) in [6.45, 7) is 3.07. The van der Waals surface area contributed by atoms with Crippen molar-refractivity contribution in [1.29, 1.82) is 0 Å². The third-order valence-corrected chi connectivity index (χ3v) is 7.17. The predicted molar refractivity (Wildman–Crippen MR) is 112 cm³/mol. The maximum Gasteiger partial charge on any atom is 0.222 e. The van der Waals surface area contributed by atoms with Crippen LogP contribution in [-0.2, 0) is 9.53 Å². The summed E-state index contributed by atoms with van der Waals surface area (Å²) in [6, 6.07) is 8.34. The second kappa shape index (κ2) is 8.47. The molecule has 1 aromatic heterocycles. The first-order valence-corrected chi connectivity index (χ1v) is 11.2. The van der Waals surface area contributed by atoms with Gasteiger partial charge < -0.3 is 19.3 Å². The summed E-state index contributed by atoms with van der Waals surface area (Å²) in [4.78, 5) is 14.7. The fourth-order valence-corrected chi connectivity index (χ4v) is 5.33. The van der Waals surface area contributed by atoms with E-state index < -0.39 is 6.10 Å². The molecule has 0 radical (unpaired) electrons. The lowest BCUT2D eigenvalue weighted by Gasteiger charge is -2.36. The van der Waals surface area contributed by atoms with Crippen LogP contribution in [0.15, 0.2) is 30.6 Å². The van der Waals surface area contributed by atoms with Gasteiger partial charge in [-0.1, -0.05) is 24.3 Å². The molecule has 7 nitrogen and oxygen atoms in total. The van der Waals surface area contributed by atoms with E-state index in [4.69, 9.17) is 4.74 Å². The second-order valence-corrected chi connectivity index (χ2v) is 8.95. The van der Waals surface area contributed by atoms with Gasteiger partial charge in [-0.05, 0) is 49.5 Å². The molecule has 0 saturated carbocycles. The van der Waals surface area contributed by atoms with Crippen LogP contribution in [0.25, 0.3) is 11.4 Å². The van der Waals surface area contributed by atoms with E-state index in [1.54, 1.807) is 6.33 Å². The number of aliphatic hydroxyl groups excluding tert-OH is 1. The van der Waals surface area contributed by atoms with Crippen LogP contribution in [0.4, 0.5) is 0 Å². The molecule has 2 fully saturated rings. The molecule has 1 N–H and O–H groups in total. The predicted octanol–water partition coefficient (Wildman–Crippen LogP) is 2.65. The van der Waals surface area contributed by atoms with E-state index in [0.29, 0.717) is 18.8 Å². The molecule has 0 bridgehead atoms. The normalized spacial score (nSPS) is 23.2. The summed E-state index contributed by atoms with van der Waals surface area (Å²) in [7, 11) is 0. The molecular formula is C23H30N4O3. The maximum atomic E-state index is 12.7. The highest BCUT2D eigenvalue weighted by Crippen LogP contribution is 2.41. The van der Waals surface area contributed by atoms with E-state index in [1.165, 1.54) is 5.56 Å². The topological polar surface area (TPSA) is 80.5 Å². The molecule has 5 rings (SSSR count). The van der Waals surface area contributed by atoms with Crippen molar-refractivity contribution in [3.8, 4) is 11.4 Å². The maximum absolute atomic E-state index is 12.7. The Hall–Kier alpha value is -2.25. The van der Waals surface area contributed by atoms with Crippen LogP contribution >= 0.6 is 0 Å². The number of nitrogens with zero attached hydrogens (tertiary/aromatic N) is 4. The Labute approximate surface area is 177 Å². The molecule has 0 spiro atoms. The molecule has 1 amide bonds. The zero-order chi connectivity index (χ0) is 20.5. The average molecular weight is 411 g/mol. The standard InChI is InChI=1S/C23H30N4O3/c28-21(14-20-18-3-1-2-4-19(18)23-25-24-15-27(20)23)17-5-9-26(10-6-17)22(29)13-16-7-11-30-12-8-16/h1-4,15-17,20-21,28H,5-14H2. The van der Waals surface area contributed by atoms with Crippen molar-refractivity contribution in [2.45, 2.75) is 50.7 Å². The summed E-state index contributed by atoms with van der Waals surface area (Å²) < 4.78 is 7.48. The van der Waals surface area contributed by atoms with Crippen molar-refractivity contribution < 1.29 is 14.6 Å². The second-order valence-electron chi connectivity index (χ2n) is 8.95. The largest absolute Gasteiger partial charge is 0.393 e. The van der Waals surface area contributed by atoms with Crippen LogP contribution in [0.2, 0.25) is 0 Å². The van der Waals surface area contributed by atoms with Crippen LogP contribution in [0.3, 0.4) is 0 Å². The minimum Gasteiger partial charge on any atom is -0.393 e. The Kier molecular flexibility index (Phi) is 5.56. The fourth-order valence-electron chi connectivity index (χ4n) is 5.33. The van der Waals surface area contributed by atoms with Crippen LogP contribution in [0.1, 0.15) is 50.1 Å². The first kappa shape index (κ1) is 19.7. The van der Waals surface area contributed by atoms with Crippen molar-refractivity contribution in [3.05, 3.63) is 36.2 Å². The van der Waals surface area contributed by atoms with Crippen molar-refractivity contribution in [2.24, 2.45) is 11.8 Å². The van der Waals surface area contributed by atoms with Gasteiger partial charge in [0.15, 0.2) is 5.82 Å². The monoisotopic (exact) mass is 410 g/mol. The van der Waals surface area contributed by atoms with Crippen LogP contribution < -0.4 is 0 Å². The quantitative estimate of drug-likeness (QED) is 0.820. The zero-order valence-electron chi connectivity index (χ0n) is 17.3. The summed E-state index contributed by atoms with van der Waals surface area (Å²) >= 11 is 0. The number of benzene rings is 1. The molecule has 0 aliphatic carbocycles. The number of hydrogen-bond acceptors (Lipinski definition) is 5. The third-order valence-electron chi connectivity index (χ3n) is 7.17. The number of carbonyl (C=O) groups is 1. The smallest absolute Gasteiger partial charge is 0.222 e. The number of fused-ring (bicyclic) bond motifs is 3. The molecule has 2 aromatic rings. The SMILES string of the molecule is O=C(CC1CCOCC1)N1CCC(C(O)CC2c3ccccc3-c3nncn32)CC1. The van der Waals surface area contributed by atoms with Gasteiger partial charge in [-0.2, -0.15) is 0 Å². The summed E-state index contributed by atoms with van der Waals surface area (Å²) in [6.07, 6.45) is 6.39. The van der Waals surface area contributed by atoms with Gasteiger partial charge in [0.25, 0.3) is 0 Å². The van der Waals surface area contributed by atoms with Crippen molar-refractivity contribution in [3.63, 3.8) is 0 Å². The number of piperidine rings is 1. The number of aromatic nitrogens is 3. The Bertz CT molecular complexity index is 884. The van der Waals surface area contributed by atoms with Crippen LogP contribution in [-0.4, -0.2) is 63.1 Å². The highest BCUT2D eigenvalue weighted by atomic mass is 16.5. The van der Waals surface area contributed by atoms with E-state index in [0.717, 1.165) is 63.4 Å². The lowest BCUT2D eigenvalue weighted by atomic mass is 9.86. The van der Waals surface area contributed by atoms with Crippen molar-refractivity contribution >= 4 is 5.91 Å². The number of aliphatic hydroxyl groups is 1. The number of carbonyl (C=O) groups excluding carboxylic acids is 1. The molecule has 4 heterocycles. The first-order valence-electron chi connectivity index (χ1n) is 11.2. The number of ether oxygens (including phenoxy) is 1. The zero-order valence-corrected chi connectivity index (χ0v) is 17.3. The number of rotatable bonds is 5. The summed E-state index contributed by atoms with van der Waals surface area (Å²) in [5, 5.41) is 19.4. The molecule has 2 saturated heterocycles. The molecule has 2 unspecified atom stereocenters. The minimum atomic E-state index is -0.399. The molecule has 3 aliphatic rings. The van der Waals surface area contributed by atoms with E-state index in [1.807, 2.05) is 17.0 Å². The Morgan fingerprint density at radius 2 is 1.93 bits per heavy atom. The molecule has 1 aromatic carbocycles. The van der Waals surface area contributed by atoms with Gasteiger partial charge in [0.05, 0.1) is 12.1 Å². The Morgan fingerprint density at radius 3 is 2.73 bits per heavy atom. The summed E-state index contributed by atoms with van der Waals surface area (Å²) in [5.41, 5.74) is 2.33. The Morgan fingerprint density at radius 1 is 1.17 bits per heavy atom. The molecule has 3 aliphatic heterocycles. The number of amides is 1. The fraction of sp³-hybridized carbons (Fsp3) is 0.609. The van der Waals surface area contributed by atoms with Gasteiger partial charge in [-0.25, -0.2) is 0 Å². The lowest BCUT2D eigenvalue weighted by molar-refractivity contribution is -0.135. The highest BCUT2D eigenvalue weighted by molar-refractivity contribution is 5.76. The minimum absolute atomic E-state index is 0.0781. The molecule has 2 atom stereocenters. The Balaban J connectivity index is 1.17. The summed E-state index contributed by atoms with van der Waals surface area (Å²) in [5.74, 6) is 1.85. The molecule has 7 heteroatoms. The van der Waals surface area contributed by atoms with Crippen LogP contribution in [0, 0.1) is 11.8 Å². The van der Waals surface area contributed by atoms with Gasteiger partial charge in [0.2, 0.25) is 5.91 Å². The lowest BCUT2D eigenvalue weighted by Crippen LogP contribution is -2.42. The van der Waals surface area contributed by atoms with Gasteiger partial charge in [0, 0.05) is 38.3 Å². The van der Waals surface area contributed by atoms with Gasteiger partial charge in [-0.3, -0.25) is 4.79 Å². The van der Waals surface area contributed by atoms with E-state index in [-0.39, 0.29) is 17.9 Å². The van der Waals surface area contributed by atoms with Gasteiger partial charge >= 0.3 is 0 Å². The molecule has 160 valence electrons.